The third-order valence-corrected chi connectivity index (χ3v) is 3.10. The molecule has 4 rings (SSSR count). The summed E-state index contributed by atoms with van der Waals surface area (Å²) >= 11 is 0. The maximum atomic E-state index is 10.8. The van der Waals surface area contributed by atoms with E-state index in [1.165, 1.54) is 0 Å². The molecule has 0 amide bonds. The minimum atomic E-state index is -0.750. The number of aliphatic hydroxyl groups is 4. The van der Waals surface area contributed by atoms with E-state index in [0.29, 0.717) is 22.3 Å². The smallest absolute Gasteiger partial charge is 0.346 e. The molecule has 0 unspecified atom stereocenters. The number of ether oxygens (including phenoxy) is 2. The molecule has 2 aliphatic rings. The van der Waals surface area contributed by atoms with Crippen LogP contribution in [0.2, 0.25) is 0 Å². The molecule has 2 aliphatic heterocycles. The van der Waals surface area contributed by atoms with Crippen molar-refractivity contribution in [1.82, 2.24) is 0 Å². The van der Waals surface area contributed by atoms with Gasteiger partial charge in [0.2, 0.25) is 0 Å². The zero-order valence-corrected chi connectivity index (χ0v) is 22.4. The molecule has 0 saturated carbocycles. The van der Waals surface area contributed by atoms with E-state index in [-0.39, 0.29) is 95.1 Å². The van der Waals surface area contributed by atoms with Crippen molar-refractivity contribution < 1.29 is 114 Å². The number of cyclic esters (lactones) is 4. The number of hydrogen-bond donors (Lipinski definition) is 4. The Kier molecular flexibility index (Phi) is 41.9. The van der Waals surface area contributed by atoms with E-state index < -0.39 is 30.7 Å². The maximum absolute atomic E-state index is 10.8. The molecule has 4 N–H and O–H groups in total. The van der Waals surface area contributed by atoms with E-state index in [9.17, 15) is 19.2 Å². The molecule has 2 radical (unpaired) electrons. The second-order valence-corrected chi connectivity index (χ2v) is 4.59. The molecule has 0 atom stereocenters. The summed E-state index contributed by atoms with van der Waals surface area (Å²) in [7, 11) is 2.00. The average Bonchev–Trinajstić information content (AvgIpc) is 3.22. The van der Waals surface area contributed by atoms with Crippen molar-refractivity contribution in [3.05, 3.63) is 70.8 Å². The summed E-state index contributed by atoms with van der Waals surface area (Å²) in [5, 5.41) is 28.2. The van der Waals surface area contributed by atoms with Crippen molar-refractivity contribution >= 4 is 23.9 Å². The summed E-state index contributed by atoms with van der Waals surface area (Å²) in [6.45, 7) is -0.750. The van der Waals surface area contributed by atoms with Crippen LogP contribution in [-0.4, -0.2) is 65.3 Å². The minimum absolute atomic E-state index is 0. The Bertz CT molecular complexity index is 722. The van der Waals surface area contributed by atoms with Crippen LogP contribution in [0.4, 0.5) is 0 Å². The molecule has 0 aromatic heterocycles. The third kappa shape index (κ3) is 15.5. The fourth-order valence-electron chi connectivity index (χ4n) is 2.07. The molecule has 0 saturated heterocycles. The Morgan fingerprint density at radius 3 is 0.800 bits per heavy atom. The van der Waals surface area contributed by atoms with Gasteiger partial charge in [-0.3, -0.25) is 0 Å². The summed E-state index contributed by atoms with van der Waals surface area (Å²) in [6, 6.07) is 13.1. The number of carbonyl (C=O) groups is 4. The first-order valence-corrected chi connectivity index (χ1v) is 7.81. The van der Waals surface area contributed by atoms with Crippen molar-refractivity contribution in [1.29, 1.82) is 0 Å². The van der Waals surface area contributed by atoms with Gasteiger partial charge in [0.15, 0.2) is 0 Å². The molecule has 2 aromatic carbocycles. The molecule has 35 heavy (non-hydrogen) atoms. The Hall–Kier alpha value is -1.23. The summed E-state index contributed by atoms with van der Waals surface area (Å²) in [5.41, 5.74) is 1.44. The van der Waals surface area contributed by atoms with Gasteiger partial charge in [-0.1, -0.05) is 54.0 Å². The molecule has 2 aromatic rings. The van der Waals surface area contributed by atoms with Crippen LogP contribution in [0.3, 0.4) is 0 Å². The van der Waals surface area contributed by atoms with E-state index in [2.05, 4.69) is 9.47 Å². The topological polar surface area (TPSA) is 168 Å². The number of aliphatic hydroxyl groups excluding tert-OH is 3. The Balaban J connectivity index is -0.0000000629. The molecule has 194 valence electrons. The second kappa shape index (κ2) is 29.0. The fraction of sp³-hybridized carbons (Fsp3) is 0.304. The number of fused-ring (bicyclic) bond motifs is 2. The van der Waals surface area contributed by atoms with Gasteiger partial charge in [0.05, 0.1) is 22.3 Å². The normalized spacial score (nSPS) is 10.0. The van der Waals surface area contributed by atoms with E-state index >= 15 is 0 Å². The predicted molar refractivity (Wildman–Crippen MR) is 125 cm³/mol. The van der Waals surface area contributed by atoms with Gasteiger partial charge in [-0.2, -0.15) is 0 Å². The van der Waals surface area contributed by atoms with Gasteiger partial charge in [0.1, 0.15) is 6.79 Å². The quantitative estimate of drug-likeness (QED) is 0.189. The molecule has 0 aliphatic carbocycles. The largest absolute Gasteiger partial charge is 0.400 e. The van der Waals surface area contributed by atoms with Gasteiger partial charge < -0.3 is 29.9 Å². The zero-order valence-electron chi connectivity index (χ0n) is 16.7. The van der Waals surface area contributed by atoms with Gasteiger partial charge in [0.25, 0.3) is 0 Å². The van der Waals surface area contributed by atoms with E-state index in [1.807, 2.05) is 0 Å². The molecule has 0 spiro atoms. The van der Waals surface area contributed by atoms with Gasteiger partial charge in [-0.05, 0) is 24.3 Å². The third-order valence-electron chi connectivity index (χ3n) is 3.10. The fourth-order valence-corrected chi connectivity index (χ4v) is 2.07. The summed E-state index contributed by atoms with van der Waals surface area (Å²) in [6.07, 6.45) is 0. The molecule has 2 heterocycles. The number of esters is 4. The van der Waals surface area contributed by atoms with Crippen molar-refractivity contribution in [2.75, 3.05) is 21.0 Å². The van der Waals surface area contributed by atoms with Crippen LogP contribution >= 0.6 is 0 Å². The van der Waals surface area contributed by atoms with Crippen LogP contribution in [0.25, 0.3) is 0 Å². The Morgan fingerprint density at radius 1 is 0.514 bits per heavy atom. The average molecular weight is 650 g/mol. The van der Waals surface area contributed by atoms with Crippen LogP contribution in [0.15, 0.2) is 48.5 Å². The van der Waals surface area contributed by atoms with Gasteiger partial charge >= 0.3 is 23.9 Å². The van der Waals surface area contributed by atoms with Crippen molar-refractivity contribution in [3.8, 4) is 0 Å². The SMILES string of the molecule is C.C.C.C.CO.CO.O=C1OC(=O)c2ccccc21.O=C1OC(=O)c2ccccc21.OCO.[Y].[Y]. The number of rotatable bonds is 0. The zero-order chi connectivity index (χ0) is 22.4. The molecule has 12 heteroatoms. The van der Waals surface area contributed by atoms with E-state index in [4.69, 9.17) is 20.4 Å². The van der Waals surface area contributed by atoms with Crippen molar-refractivity contribution in [2.45, 2.75) is 29.7 Å². The van der Waals surface area contributed by atoms with Crippen LogP contribution in [-0.2, 0) is 74.9 Å². The first-order chi connectivity index (χ1) is 14.0. The van der Waals surface area contributed by atoms with Crippen molar-refractivity contribution in [2.24, 2.45) is 0 Å². The van der Waals surface area contributed by atoms with E-state index in [1.54, 1.807) is 48.5 Å². The Morgan fingerprint density at radius 2 is 0.657 bits per heavy atom. The van der Waals surface area contributed by atoms with Crippen LogP contribution in [0.5, 0.6) is 0 Å². The summed E-state index contributed by atoms with van der Waals surface area (Å²) in [5.74, 6) is -2.20. The van der Waals surface area contributed by atoms with Gasteiger partial charge in [-0.25, -0.2) is 19.2 Å². The minimum Gasteiger partial charge on any atom is -0.400 e. The molecular weight excluding hydrogens is 614 g/mol. The van der Waals surface area contributed by atoms with Gasteiger partial charge in [0, 0.05) is 79.6 Å². The predicted octanol–water partition coefficient (Wildman–Crippen LogP) is 2.68. The molecule has 0 fully saturated rings. The number of hydrogen-bond acceptors (Lipinski definition) is 10. The first kappa shape index (κ1) is 50.6. The maximum Gasteiger partial charge on any atom is 0.346 e. The number of carbonyl (C=O) groups excluding carboxylic acids is 4. The monoisotopic (exact) mass is 650 g/mol. The van der Waals surface area contributed by atoms with Crippen LogP contribution in [0.1, 0.15) is 71.1 Å². The van der Waals surface area contributed by atoms with Crippen LogP contribution in [0, 0.1) is 0 Å². The first-order valence-electron chi connectivity index (χ1n) is 7.81. The van der Waals surface area contributed by atoms with E-state index in [0.717, 1.165) is 14.2 Å². The Labute approximate surface area is 257 Å². The second-order valence-electron chi connectivity index (χ2n) is 4.59. The van der Waals surface area contributed by atoms with Crippen LogP contribution < -0.4 is 0 Å². The van der Waals surface area contributed by atoms with Gasteiger partial charge in [-0.15, -0.1) is 0 Å². The summed E-state index contributed by atoms with van der Waals surface area (Å²) in [4.78, 5) is 43.3. The molecular formula is C23H36O10Y2. The summed E-state index contributed by atoms with van der Waals surface area (Å²) < 4.78 is 8.71. The molecule has 0 bridgehead atoms. The standard InChI is InChI=1S/2C8H4O3.CH4O2.2CH4O.4CH4.2Y/c2*9-7-5-3-1-2-4-6(5)8(10)11-7;2-1-3;2*1-2;;;;;;/h2*1-4H;2-3H,1H2;2*2H,1H3;4*1H4;;. The van der Waals surface area contributed by atoms with Crippen molar-refractivity contribution in [3.63, 3.8) is 0 Å². The number of benzene rings is 2. The molecule has 10 nitrogen and oxygen atoms in total.